The minimum Gasteiger partial charge on any atom is -0.316 e. The highest BCUT2D eigenvalue weighted by Gasteiger charge is 2.41. The van der Waals surface area contributed by atoms with Crippen molar-refractivity contribution >= 4 is 26.0 Å². The van der Waals surface area contributed by atoms with E-state index in [2.05, 4.69) is 26.2 Å². The molecule has 1 N–H and O–H groups in total. The first-order valence-electron chi connectivity index (χ1n) is 5.89. The van der Waals surface area contributed by atoms with Gasteiger partial charge in [-0.05, 0) is 46.9 Å². The summed E-state index contributed by atoms with van der Waals surface area (Å²) >= 11 is 3.26. The zero-order valence-electron chi connectivity index (χ0n) is 9.71. The van der Waals surface area contributed by atoms with E-state index in [1.165, 1.54) is 6.20 Å². The molecule has 0 aromatic carbocycles. The molecule has 2 fully saturated rings. The smallest absolute Gasteiger partial charge is 0.244 e. The van der Waals surface area contributed by atoms with Gasteiger partial charge in [0.05, 0.1) is 0 Å². The van der Waals surface area contributed by atoms with Crippen LogP contribution in [0.2, 0.25) is 0 Å². The van der Waals surface area contributed by atoms with Gasteiger partial charge in [0.1, 0.15) is 4.90 Å². The second-order valence-electron chi connectivity index (χ2n) is 4.84. The van der Waals surface area contributed by atoms with Crippen molar-refractivity contribution in [2.24, 2.45) is 11.8 Å². The molecule has 0 bridgehead atoms. The van der Waals surface area contributed by atoms with Crippen molar-refractivity contribution in [1.29, 1.82) is 0 Å². The molecule has 3 rings (SSSR count). The molecule has 2 saturated heterocycles. The predicted molar refractivity (Wildman–Crippen MR) is 70.5 cm³/mol. The third kappa shape index (κ3) is 2.09. The van der Waals surface area contributed by atoms with E-state index in [0.29, 0.717) is 29.4 Å². The second-order valence-corrected chi connectivity index (χ2v) is 7.69. The van der Waals surface area contributed by atoms with Gasteiger partial charge in [0.15, 0.2) is 0 Å². The Balaban J connectivity index is 1.87. The maximum atomic E-state index is 12.5. The van der Waals surface area contributed by atoms with Crippen LogP contribution in [0.4, 0.5) is 0 Å². The van der Waals surface area contributed by atoms with Crippen LogP contribution in [0.1, 0.15) is 0 Å². The van der Waals surface area contributed by atoms with E-state index < -0.39 is 10.0 Å². The summed E-state index contributed by atoms with van der Waals surface area (Å²) in [6.07, 6.45) is 2.99. The fourth-order valence-corrected chi connectivity index (χ4v) is 4.75. The molecule has 0 aliphatic carbocycles. The summed E-state index contributed by atoms with van der Waals surface area (Å²) in [6.45, 7) is 3.08. The minimum atomic E-state index is -3.39. The first-order chi connectivity index (χ1) is 8.57. The van der Waals surface area contributed by atoms with Crippen molar-refractivity contribution in [3.63, 3.8) is 0 Å². The van der Waals surface area contributed by atoms with E-state index in [1.54, 1.807) is 16.6 Å². The third-order valence-corrected chi connectivity index (χ3v) is 5.90. The van der Waals surface area contributed by atoms with Crippen LogP contribution < -0.4 is 5.32 Å². The number of nitrogens with zero attached hydrogens (tertiary/aromatic N) is 2. The van der Waals surface area contributed by atoms with Gasteiger partial charge in [-0.3, -0.25) is 4.98 Å². The van der Waals surface area contributed by atoms with Crippen molar-refractivity contribution < 1.29 is 8.42 Å². The monoisotopic (exact) mass is 331 g/mol. The number of nitrogens with one attached hydrogen (secondary N) is 1. The van der Waals surface area contributed by atoms with Crippen LogP contribution in [0, 0.1) is 11.8 Å². The van der Waals surface area contributed by atoms with Crippen molar-refractivity contribution in [3.05, 3.63) is 22.9 Å². The summed E-state index contributed by atoms with van der Waals surface area (Å²) in [6, 6.07) is 1.61. The third-order valence-electron chi connectivity index (χ3n) is 3.67. The maximum absolute atomic E-state index is 12.5. The Bertz CT molecular complexity index is 551. The van der Waals surface area contributed by atoms with Crippen LogP contribution in [0.15, 0.2) is 27.8 Å². The number of halogens is 1. The summed E-state index contributed by atoms with van der Waals surface area (Å²) in [4.78, 5) is 4.20. The van der Waals surface area contributed by atoms with E-state index in [4.69, 9.17) is 0 Å². The molecule has 98 valence electrons. The molecule has 7 heteroatoms. The van der Waals surface area contributed by atoms with Gasteiger partial charge >= 0.3 is 0 Å². The van der Waals surface area contributed by atoms with Gasteiger partial charge in [0, 0.05) is 30.0 Å². The Kier molecular flexibility index (Phi) is 3.17. The Labute approximate surface area is 115 Å². The number of aromatic nitrogens is 1. The Morgan fingerprint density at radius 1 is 1.28 bits per heavy atom. The lowest BCUT2D eigenvalue weighted by Gasteiger charge is -2.17. The molecule has 2 aliphatic rings. The molecule has 1 aromatic heterocycles. The fourth-order valence-electron chi connectivity index (χ4n) is 2.69. The molecule has 5 nitrogen and oxygen atoms in total. The van der Waals surface area contributed by atoms with Gasteiger partial charge in [-0.1, -0.05) is 0 Å². The number of hydrogen-bond donors (Lipinski definition) is 1. The molecular formula is C11H14BrN3O2S. The first-order valence-corrected chi connectivity index (χ1v) is 8.12. The molecule has 0 spiro atoms. The lowest BCUT2D eigenvalue weighted by atomic mass is 10.0. The lowest BCUT2D eigenvalue weighted by Crippen LogP contribution is -2.32. The van der Waals surface area contributed by atoms with E-state index >= 15 is 0 Å². The lowest BCUT2D eigenvalue weighted by molar-refractivity contribution is 0.447. The van der Waals surface area contributed by atoms with Crippen LogP contribution in [-0.4, -0.2) is 43.9 Å². The van der Waals surface area contributed by atoms with E-state index in [0.717, 1.165) is 13.1 Å². The van der Waals surface area contributed by atoms with Gasteiger partial charge in [-0.2, -0.15) is 4.31 Å². The Morgan fingerprint density at radius 2 is 1.94 bits per heavy atom. The largest absolute Gasteiger partial charge is 0.316 e. The fraction of sp³-hybridized carbons (Fsp3) is 0.545. The van der Waals surface area contributed by atoms with Crippen LogP contribution >= 0.6 is 15.9 Å². The number of fused-ring (bicyclic) bond motifs is 1. The summed E-state index contributed by atoms with van der Waals surface area (Å²) in [5, 5.41) is 3.30. The molecule has 3 heterocycles. The average Bonchev–Trinajstić information content (AvgIpc) is 2.89. The standard InChI is InChI=1S/C11H14BrN3O2S/c12-10-1-11(5-14-4-10)18(16,17)15-6-8-2-13-3-9(8)7-15/h1,4-5,8-9,13H,2-3,6-7H2/t8-,9-/m1/s1. The summed E-state index contributed by atoms with van der Waals surface area (Å²) in [5.74, 6) is 0.916. The molecule has 1 aromatic rings. The van der Waals surface area contributed by atoms with Crippen molar-refractivity contribution in [3.8, 4) is 0 Å². The topological polar surface area (TPSA) is 62.3 Å². The highest BCUT2D eigenvalue weighted by molar-refractivity contribution is 9.10. The van der Waals surface area contributed by atoms with Gasteiger partial charge in [-0.15, -0.1) is 0 Å². The SMILES string of the molecule is O=S(=O)(c1cncc(Br)c1)N1C[C@H]2CNC[C@@H]2C1. The Hall–Kier alpha value is -0.500. The highest BCUT2D eigenvalue weighted by Crippen LogP contribution is 2.30. The molecule has 0 saturated carbocycles. The van der Waals surface area contributed by atoms with Crippen LogP contribution in [0.3, 0.4) is 0 Å². The van der Waals surface area contributed by atoms with E-state index in [1.807, 2.05) is 0 Å². The van der Waals surface area contributed by atoms with Gasteiger partial charge in [0.25, 0.3) is 0 Å². The molecule has 18 heavy (non-hydrogen) atoms. The van der Waals surface area contributed by atoms with Crippen LogP contribution in [-0.2, 0) is 10.0 Å². The maximum Gasteiger partial charge on any atom is 0.244 e. The summed E-state index contributed by atoms with van der Waals surface area (Å²) in [7, 11) is -3.39. The molecule has 0 unspecified atom stereocenters. The molecule has 0 radical (unpaired) electrons. The average molecular weight is 332 g/mol. The van der Waals surface area contributed by atoms with Crippen molar-refractivity contribution in [1.82, 2.24) is 14.6 Å². The van der Waals surface area contributed by atoms with Crippen molar-refractivity contribution in [2.75, 3.05) is 26.2 Å². The Morgan fingerprint density at radius 3 is 2.56 bits per heavy atom. The quantitative estimate of drug-likeness (QED) is 0.865. The molecular weight excluding hydrogens is 318 g/mol. The molecule has 0 amide bonds. The van der Waals surface area contributed by atoms with Crippen LogP contribution in [0.25, 0.3) is 0 Å². The highest BCUT2D eigenvalue weighted by atomic mass is 79.9. The summed E-state index contributed by atoms with van der Waals surface area (Å²) in [5.41, 5.74) is 0. The number of pyridine rings is 1. The number of sulfonamides is 1. The van der Waals surface area contributed by atoms with Gasteiger partial charge in [0.2, 0.25) is 10.0 Å². The number of rotatable bonds is 2. The zero-order valence-corrected chi connectivity index (χ0v) is 12.1. The van der Waals surface area contributed by atoms with Gasteiger partial charge in [-0.25, -0.2) is 8.42 Å². The number of hydrogen-bond acceptors (Lipinski definition) is 4. The van der Waals surface area contributed by atoms with Gasteiger partial charge < -0.3 is 5.32 Å². The normalized spacial score (nSPS) is 28.5. The van der Waals surface area contributed by atoms with Crippen LogP contribution in [0.5, 0.6) is 0 Å². The van der Waals surface area contributed by atoms with E-state index in [-0.39, 0.29) is 4.90 Å². The predicted octanol–water partition coefficient (Wildman–Crippen LogP) is 0.684. The molecule has 2 aliphatic heterocycles. The second kappa shape index (κ2) is 4.56. The first kappa shape index (κ1) is 12.5. The zero-order chi connectivity index (χ0) is 12.8. The van der Waals surface area contributed by atoms with E-state index in [9.17, 15) is 8.42 Å². The van der Waals surface area contributed by atoms with Crippen molar-refractivity contribution in [2.45, 2.75) is 4.90 Å². The molecule has 2 atom stereocenters. The summed E-state index contributed by atoms with van der Waals surface area (Å²) < 4.78 is 27.2. The minimum absolute atomic E-state index is 0.268.